The number of aliphatic hydroxyl groups is 1. The fourth-order valence-corrected chi connectivity index (χ4v) is 2.44. The number of ketones is 2. The number of carbonyl (C=O) groups excluding carboxylic acids is 3. The standard InChI is InChI=1S/C18H13NO4/c20-15-12-8-4-5-9-13(12)16(21)17(22)14(15)18(23)19-10-11-6-2-1-3-7-11/h1-9,20H,10H2,(H,19,23). The van der Waals surface area contributed by atoms with Gasteiger partial charge in [-0.3, -0.25) is 14.4 Å². The molecule has 2 aromatic carbocycles. The average molecular weight is 307 g/mol. The number of amides is 1. The molecule has 0 spiro atoms. The van der Waals surface area contributed by atoms with Crippen LogP contribution in [0.15, 0.2) is 60.2 Å². The minimum absolute atomic E-state index is 0.106. The molecule has 1 aliphatic carbocycles. The maximum absolute atomic E-state index is 12.2. The molecule has 114 valence electrons. The average Bonchev–Trinajstić information content (AvgIpc) is 2.59. The molecule has 0 bridgehead atoms. The summed E-state index contributed by atoms with van der Waals surface area (Å²) in [5, 5.41) is 12.8. The normalized spacial score (nSPS) is 13.7. The fraction of sp³-hybridized carbons (Fsp3) is 0.0556. The van der Waals surface area contributed by atoms with Crippen molar-refractivity contribution in [2.24, 2.45) is 0 Å². The van der Waals surface area contributed by atoms with E-state index in [0.717, 1.165) is 5.56 Å². The molecule has 5 nitrogen and oxygen atoms in total. The Labute approximate surface area is 132 Å². The molecule has 2 N–H and O–H groups in total. The Balaban J connectivity index is 1.90. The monoisotopic (exact) mass is 307 g/mol. The third-order valence-corrected chi connectivity index (χ3v) is 3.62. The molecule has 0 saturated heterocycles. The van der Waals surface area contributed by atoms with Crippen LogP contribution in [0.2, 0.25) is 0 Å². The summed E-state index contributed by atoms with van der Waals surface area (Å²) < 4.78 is 0. The molecule has 23 heavy (non-hydrogen) atoms. The van der Waals surface area contributed by atoms with Gasteiger partial charge < -0.3 is 10.4 Å². The molecule has 2 aromatic rings. The van der Waals surface area contributed by atoms with Gasteiger partial charge in [-0.25, -0.2) is 0 Å². The van der Waals surface area contributed by atoms with E-state index in [1.54, 1.807) is 12.1 Å². The Bertz CT molecular complexity index is 837. The van der Waals surface area contributed by atoms with Crippen molar-refractivity contribution in [1.29, 1.82) is 0 Å². The highest BCUT2D eigenvalue weighted by Crippen LogP contribution is 2.27. The first kappa shape index (κ1) is 14.7. The van der Waals surface area contributed by atoms with Crippen LogP contribution in [0.4, 0.5) is 0 Å². The smallest absolute Gasteiger partial charge is 0.259 e. The van der Waals surface area contributed by atoms with E-state index in [0.29, 0.717) is 0 Å². The van der Waals surface area contributed by atoms with Crippen LogP contribution in [0, 0.1) is 0 Å². The molecule has 3 rings (SSSR count). The molecule has 0 atom stereocenters. The zero-order chi connectivity index (χ0) is 16.4. The number of aliphatic hydroxyl groups excluding tert-OH is 1. The summed E-state index contributed by atoms with van der Waals surface area (Å²) in [5.74, 6) is -3.01. The summed E-state index contributed by atoms with van der Waals surface area (Å²) in [6.07, 6.45) is 0. The summed E-state index contributed by atoms with van der Waals surface area (Å²) in [6.45, 7) is 0.194. The lowest BCUT2D eigenvalue weighted by Crippen LogP contribution is -2.34. The van der Waals surface area contributed by atoms with E-state index in [9.17, 15) is 19.5 Å². The number of hydrogen-bond acceptors (Lipinski definition) is 4. The lowest BCUT2D eigenvalue weighted by atomic mass is 9.88. The van der Waals surface area contributed by atoms with Crippen LogP contribution in [0.1, 0.15) is 21.5 Å². The molecule has 1 aliphatic rings. The highest BCUT2D eigenvalue weighted by Gasteiger charge is 2.36. The van der Waals surface area contributed by atoms with Crippen molar-refractivity contribution < 1.29 is 19.5 Å². The zero-order valence-corrected chi connectivity index (χ0v) is 12.1. The van der Waals surface area contributed by atoms with Crippen molar-refractivity contribution >= 4 is 23.2 Å². The number of hydrogen-bond donors (Lipinski definition) is 2. The Morgan fingerprint density at radius 1 is 0.870 bits per heavy atom. The van der Waals surface area contributed by atoms with Gasteiger partial charge in [0, 0.05) is 17.7 Å². The van der Waals surface area contributed by atoms with Gasteiger partial charge in [0.15, 0.2) is 0 Å². The van der Waals surface area contributed by atoms with Crippen molar-refractivity contribution in [3.8, 4) is 0 Å². The summed E-state index contributed by atoms with van der Waals surface area (Å²) in [4.78, 5) is 36.4. The van der Waals surface area contributed by atoms with Gasteiger partial charge in [0.25, 0.3) is 5.91 Å². The number of nitrogens with one attached hydrogen (secondary N) is 1. The van der Waals surface area contributed by atoms with Crippen molar-refractivity contribution in [2.75, 3.05) is 0 Å². The number of rotatable bonds is 3. The van der Waals surface area contributed by atoms with Crippen LogP contribution < -0.4 is 5.32 Å². The van der Waals surface area contributed by atoms with Crippen LogP contribution in [0.3, 0.4) is 0 Å². The van der Waals surface area contributed by atoms with Gasteiger partial charge in [0.05, 0.1) is 0 Å². The van der Waals surface area contributed by atoms with Crippen LogP contribution in [0.5, 0.6) is 0 Å². The van der Waals surface area contributed by atoms with Crippen molar-refractivity contribution in [2.45, 2.75) is 6.54 Å². The highest BCUT2D eigenvalue weighted by atomic mass is 16.3. The van der Waals surface area contributed by atoms with Crippen molar-refractivity contribution in [3.05, 3.63) is 76.9 Å². The van der Waals surface area contributed by atoms with E-state index in [1.165, 1.54) is 12.1 Å². The SMILES string of the molecule is O=C(NCc1ccccc1)C1=C(O)c2ccccc2C(=O)C1=O. The second kappa shape index (κ2) is 5.88. The predicted octanol–water partition coefficient (Wildman–Crippen LogP) is 2.04. The van der Waals surface area contributed by atoms with Crippen LogP contribution >= 0.6 is 0 Å². The number of carbonyl (C=O) groups is 3. The topological polar surface area (TPSA) is 83.5 Å². The molecule has 0 aliphatic heterocycles. The lowest BCUT2D eigenvalue weighted by Gasteiger charge is -2.17. The molecule has 0 heterocycles. The third-order valence-electron chi connectivity index (χ3n) is 3.62. The van der Waals surface area contributed by atoms with Crippen LogP contribution in [-0.2, 0) is 16.1 Å². The van der Waals surface area contributed by atoms with E-state index < -0.39 is 28.8 Å². The van der Waals surface area contributed by atoms with Gasteiger partial charge in [-0.1, -0.05) is 54.6 Å². The largest absolute Gasteiger partial charge is 0.506 e. The van der Waals surface area contributed by atoms with E-state index >= 15 is 0 Å². The first-order valence-corrected chi connectivity index (χ1v) is 7.03. The number of benzene rings is 2. The summed E-state index contributed by atoms with van der Waals surface area (Å²) in [7, 11) is 0. The molecule has 0 saturated carbocycles. The molecule has 0 unspecified atom stereocenters. The fourth-order valence-electron chi connectivity index (χ4n) is 2.44. The van der Waals surface area contributed by atoms with Crippen molar-refractivity contribution in [1.82, 2.24) is 5.32 Å². The Hall–Kier alpha value is -3.21. The molecule has 5 heteroatoms. The summed E-state index contributed by atoms with van der Waals surface area (Å²) >= 11 is 0. The minimum atomic E-state index is -0.994. The molecule has 0 radical (unpaired) electrons. The summed E-state index contributed by atoms with van der Waals surface area (Å²) in [6, 6.07) is 15.3. The van der Waals surface area contributed by atoms with E-state index in [-0.39, 0.29) is 17.7 Å². The Morgan fingerprint density at radius 2 is 1.48 bits per heavy atom. The molecule has 1 amide bonds. The Morgan fingerprint density at radius 3 is 2.17 bits per heavy atom. The molecule has 0 aromatic heterocycles. The Kier molecular flexibility index (Phi) is 3.76. The lowest BCUT2D eigenvalue weighted by molar-refractivity contribution is -0.121. The zero-order valence-electron chi connectivity index (χ0n) is 12.1. The first-order chi connectivity index (χ1) is 11.1. The third kappa shape index (κ3) is 2.64. The summed E-state index contributed by atoms with van der Waals surface area (Å²) in [5.41, 5.74) is 0.636. The number of Topliss-reactive ketones (excluding diaryl/α,β-unsaturated/α-hetero) is 2. The first-order valence-electron chi connectivity index (χ1n) is 7.03. The maximum Gasteiger partial charge on any atom is 0.259 e. The van der Waals surface area contributed by atoms with Gasteiger partial charge >= 0.3 is 0 Å². The van der Waals surface area contributed by atoms with E-state index in [1.807, 2.05) is 30.3 Å². The van der Waals surface area contributed by atoms with Gasteiger partial charge in [0.2, 0.25) is 11.6 Å². The second-order valence-corrected chi connectivity index (χ2v) is 5.10. The van der Waals surface area contributed by atoms with E-state index in [4.69, 9.17) is 0 Å². The van der Waals surface area contributed by atoms with Gasteiger partial charge in [0.1, 0.15) is 11.3 Å². The maximum atomic E-state index is 12.2. The van der Waals surface area contributed by atoms with Gasteiger partial charge in [-0.15, -0.1) is 0 Å². The van der Waals surface area contributed by atoms with Crippen molar-refractivity contribution in [3.63, 3.8) is 0 Å². The van der Waals surface area contributed by atoms with Crippen LogP contribution in [-0.4, -0.2) is 22.6 Å². The van der Waals surface area contributed by atoms with Gasteiger partial charge in [-0.2, -0.15) is 0 Å². The minimum Gasteiger partial charge on any atom is -0.506 e. The second-order valence-electron chi connectivity index (χ2n) is 5.10. The predicted molar refractivity (Wildman–Crippen MR) is 83.6 cm³/mol. The van der Waals surface area contributed by atoms with Crippen LogP contribution in [0.25, 0.3) is 5.76 Å². The van der Waals surface area contributed by atoms with Gasteiger partial charge in [-0.05, 0) is 5.56 Å². The quantitative estimate of drug-likeness (QED) is 0.671. The molecular formula is C18H13NO4. The molecule has 0 fully saturated rings. The molecular weight excluding hydrogens is 294 g/mol. The highest BCUT2D eigenvalue weighted by molar-refractivity contribution is 6.57. The van der Waals surface area contributed by atoms with E-state index in [2.05, 4.69) is 5.32 Å². The number of fused-ring (bicyclic) bond motifs is 1.